The maximum absolute atomic E-state index is 12.7. The first-order chi connectivity index (χ1) is 14.1. The molecule has 0 bridgehead atoms. The van der Waals surface area contributed by atoms with Gasteiger partial charge < -0.3 is 19.5 Å². The van der Waals surface area contributed by atoms with Crippen molar-refractivity contribution in [2.24, 2.45) is 0 Å². The molecule has 0 radical (unpaired) electrons. The van der Waals surface area contributed by atoms with Crippen molar-refractivity contribution in [2.45, 2.75) is 25.8 Å². The Morgan fingerprint density at radius 3 is 2.41 bits per heavy atom. The van der Waals surface area contributed by atoms with Crippen LogP contribution in [0.15, 0.2) is 42.5 Å². The number of nitrogens with zero attached hydrogens (tertiary/aromatic N) is 1. The van der Waals surface area contributed by atoms with E-state index in [0.717, 1.165) is 5.56 Å². The highest BCUT2D eigenvalue weighted by Gasteiger charge is 2.39. The Labute approximate surface area is 170 Å². The van der Waals surface area contributed by atoms with Crippen LogP contribution in [0, 0.1) is 0 Å². The molecule has 1 aliphatic rings. The number of ether oxygens (including phenoxy) is 3. The van der Waals surface area contributed by atoms with Crippen molar-refractivity contribution in [3.05, 3.63) is 48.0 Å². The number of methoxy groups -OCH3 is 2. The minimum absolute atomic E-state index is 0.151. The van der Waals surface area contributed by atoms with Gasteiger partial charge in [0.25, 0.3) is 5.91 Å². The highest BCUT2D eigenvalue weighted by atomic mass is 16.5. The molecular weight excluding hydrogens is 372 g/mol. The maximum Gasteiger partial charge on any atom is 0.251 e. The first-order valence-electron chi connectivity index (χ1n) is 9.61. The molecule has 0 aliphatic carbocycles. The lowest BCUT2D eigenvalue weighted by Crippen LogP contribution is -2.39. The van der Waals surface area contributed by atoms with Crippen LogP contribution in [0.5, 0.6) is 17.2 Å². The van der Waals surface area contributed by atoms with Gasteiger partial charge in [-0.3, -0.25) is 9.59 Å². The third kappa shape index (κ3) is 4.68. The SMILES string of the molecule is CCOc1ccc(N2C(=O)C[C@H](NCCc3ccc(OC)c(OC)c3)C2=O)cc1. The Morgan fingerprint density at radius 1 is 1.03 bits per heavy atom. The molecule has 1 saturated heterocycles. The third-order valence-electron chi connectivity index (χ3n) is 4.80. The summed E-state index contributed by atoms with van der Waals surface area (Å²) in [6.45, 7) is 3.03. The molecule has 1 heterocycles. The summed E-state index contributed by atoms with van der Waals surface area (Å²) >= 11 is 0. The van der Waals surface area contributed by atoms with Crippen molar-refractivity contribution >= 4 is 17.5 Å². The van der Waals surface area contributed by atoms with Crippen molar-refractivity contribution < 1.29 is 23.8 Å². The average molecular weight is 398 g/mol. The number of carbonyl (C=O) groups is 2. The summed E-state index contributed by atoms with van der Waals surface area (Å²) < 4.78 is 16.0. The van der Waals surface area contributed by atoms with Crippen LogP contribution in [0.1, 0.15) is 18.9 Å². The Hall–Kier alpha value is -3.06. The fourth-order valence-corrected chi connectivity index (χ4v) is 3.35. The average Bonchev–Trinajstić information content (AvgIpc) is 3.02. The number of hydrogen-bond acceptors (Lipinski definition) is 6. The molecule has 29 heavy (non-hydrogen) atoms. The Balaban J connectivity index is 1.58. The second-order valence-electron chi connectivity index (χ2n) is 6.64. The zero-order valence-corrected chi connectivity index (χ0v) is 16.9. The van der Waals surface area contributed by atoms with Gasteiger partial charge >= 0.3 is 0 Å². The summed E-state index contributed by atoms with van der Waals surface area (Å²) in [5.41, 5.74) is 1.61. The smallest absolute Gasteiger partial charge is 0.251 e. The largest absolute Gasteiger partial charge is 0.494 e. The molecular formula is C22H26N2O5. The van der Waals surface area contributed by atoms with E-state index < -0.39 is 6.04 Å². The quantitative estimate of drug-likeness (QED) is 0.654. The van der Waals surface area contributed by atoms with Crippen LogP contribution in [0.25, 0.3) is 0 Å². The van der Waals surface area contributed by atoms with E-state index >= 15 is 0 Å². The Morgan fingerprint density at radius 2 is 1.76 bits per heavy atom. The minimum Gasteiger partial charge on any atom is -0.494 e. The molecule has 1 atom stereocenters. The minimum atomic E-state index is -0.519. The predicted molar refractivity (Wildman–Crippen MR) is 110 cm³/mol. The van der Waals surface area contributed by atoms with Crippen LogP contribution >= 0.6 is 0 Å². The summed E-state index contributed by atoms with van der Waals surface area (Å²) in [4.78, 5) is 26.4. The van der Waals surface area contributed by atoms with Crippen molar-refractivity contribution in [3.63, 3.8) is 0 Å². The predicted octanol–water partition coefficient (Wildman–Crippen LogP) is 2.57. The molecule has 0 aromatic heterocycles. The van der Waals surface area contributed by atoms with Gasteiger partial charge in [-0.15, -0.1) is 0 Å². The number of carbonyl (C=O) groups excluding carboxylic acids is 2. The topological polar surface area (TPSA) is 77.1 Å². The molecule has 2 aromatic carbocycles. The third-order valence-corrected chi connectivity index (χ3v) is 4.80. The van der Waals surface area contributed by atoms with Gasteiger partial charge in [0.15, 0.2) is 11.5 Å². The molecule has 1 N–H and O–H groups in total. The van der Waals surface area contributed by atoms with E-state index in [2.05, 4.69) is 5.32 Å². The van der Waals surface area contributed by atoms with Crippen LogP contribution < -0.4 is 24.4 Å². The molecule has 0 spiro atoms. The van der Waals surface area contributed by atoms with Crippen LogP contribution in [-0.2, 0) is 16.0 Å². The number of nitrogens with one attached hydrogen (secondary N) is 1. The van der Waals surface area contributed by atoms with Gasteiger partial charge in [0, 0.05) is 0 Å². The van der Waals surface area contributed by atoms with Crippen molar-refractivity contribution in [1.82, 2.24) is 5.32 Å². The summed E-state index contributed by atoms with van der Waals surface area (Å²) in [6.07, 6.45) is 0.847. The van der Waals surface area contributed by atoms with E-state index in [0.29, 0.717) is 42.5 Å². The standard InChI is InChI=1S/C22H26N2O5/c1-4-29-17-8-6-16(7-9-17)24-21(25)14-18(22(24)26)23-12-11-15-5-10-19(27-2)20(13-15)28-3/h5-10,13,18,23H,4,11-12,14H2,1-3H3/t18-/m0/s1. The lowest BCUT2D eigenvalue weighted by molar-refractivity contribution is -0.121. The molecule has 2 aromatic rings. The number of hydrogen-bond donors (Lipinski definition) is 1. The van der Waals surface area contributed by atoms with Gasteiger partial charge in [0.1, 0.15) is 5.75 Å². The molecule has 154 valence electrons. The van der Waals surface area contributed by atoms with E-state index in [-0.39, 0.29) is 18.2 Å². The summed E-state index contributed by atoms with van der Waals surface area (Å²) in [5.74, 6) is 1.61. The molecule has 0 unspecified atom stereocenters. The van der Waals surface area contributed by atoms with E-state index in [1.54, 1.807) is 38.5 Å². The zero-order chi connectivity index (χ0) is 20.8. The van der Waals surface area contributed by atoms with E-state index in [1.165, 1.54) is 4.90 Å². The van der Waals surface area contributed by atoms with Gasteiger partial charge in [-0.25, -0.2) is 4.90 Å². The number of anilines is 1. The second kappa shape index (κ2) is 9.43. The van der Waals surface area contributed by atoms with Crippen LogP contribution in [0.4, 0.5) is 5.69 Å². The summed E-state index contributed by atoms with van der Waals surface area (Å²) in [5, 5.41) is 3.20. The van der Waals surface area contributed by atoms with Crippen LogP contribution in [-0.4, -0.2) is 45.2 Å². The van der Waals surface area contributed by atoms with Crippen molar-refractivity contribution in [1.29, 1.82) is 0 Å². The van der Waals surface area contributed by atoms with Crippen LogP contribution in [0.2, 0.25) is 0 Å². The number of benzene rings is 2. The molecule has 7 heteroatoms. The van der Waals surface area contributed by atoms with Gasteiger partial charge in [-0.05, 0) is 61.9 Å². The van der Waals surface area contributed by atoms with Crippen molar-refractivity contribution in [3.8, 4) is 17.2 Å². The maximum atomic E-state index is 12.7. The number of rotatable bonds is 9. The van der Waals surface area contributed by atoms with Gasteiger partial charge in [0.05, 0.1) is 39.0 Å². The zero-order valence-electron chi connectivity index (χ0n) is 16.9. The highest BCUT2D eigenvalue weighted by Crippen LogP contribution is 2.28. The first-order valence-corrected chi connectivity index (χ1v) is 9.61. The summed E-state index contributed by atoms with van der Waals surface area (Å²) in [7, 11) is 3.19. The van der Waals surface area contributed by atoms with E-state index in [1.807, 2.05) is 25.1 Å². The molecule has 7 nitrogen and oxygen atoms in total. The van der Waals surface area contributed by atoms with E-state index in [9.17, 15) is 9.59 Å². The lowest BCUT2D eigenvalue weighted by Gasteiger charge is -2.16. The van der Waals surface area contributed by atoms with Gasteiger partial charge in [-0.1, -0.05) is 6.07 Å². The number of amides is 2. The fourth-order valence-electron chi connectivity index (χ4n) is 3.35. The Kier molecular flexibility index (Phi) is 6.72. The molecule has 3 rings (SSSR count). The van der Waals surface area contributed by atoms with Crippen LogP contribution in [0.3, 0.4) is 0 Å². The van der Waals surface area contributed by atoms with Gasteiger partial charge in [0.2, 0.25) is 5.91 Å². The molecule has 2 amide bonds. The fraction of sp³-hybridized carbons (Fsp3) is 0.364. The summed E-state index contributed by atoms with van der Waals surface area (Å²) in [6, 6.07) is 12.2. The molecule has 1 aliphatic heterocycles. The number of imide groups is 1. The first kappa shape index (κ1) is 20.7. The second-order valence-corrected chi connectivity index (χ2v) is 6.64. The normalized spacial score (nSPS) is 16.2. The molecule has 0 saturated carbocycles. The van der Waals surface area contributed by atoms with Crippen molar-refractivity contribution in [2.75, 3.05) is 32.3 Å². The highest BCUT2D eigenvalue weighted by molar-refractivity contribution is 6.22. The molecule has 1 fully saturated rings. The Bertz CT molecular complexity index is 866. The lowest BCUT2D eigenvalue weighted by atomic mass is 10.1. The van der Waals surface area contributed by atoms with Gasteiger partial charge in [-0.2, -0.15) is 0 Å². The monoisotopic (exact) mass is 398 g/mol. The van der Waals surface area contributed by atoms with E-state index in [4.69, 9.17) is 14.2 Å².